The molecule has 1 unspecified atom stereocenters. The molecule has 3 aromatic rings. The minimum absolute atomic E-state index is 0.103. The number of hydrogen-bond donors (Lipinski definition) is 2. The van der Waals surface area contributed by atoms with E-state index in [9.17, 15) is 31.3 Å². The van der Waals surface area contributed by atoms with E-state index < -0.39 is 64.0 Å². The zero-order chi connectivity index (χ0) is 31.3. The fourth-order valence-corrected chi connectivity index (χ4v) is 4.91. The van der Waals surface area contributed by atoms with Crippen LogP contribution in [0.2, 0.25) is 0 Å². The SMILES string of the molecule is CC(C)(C)[S+]([O-])N[C@@](Cc1ccccc1)(c1cc(F)cc(OC(F)(F)C(F)F)c1)c1ccc(F)c(/C=C/C(=O)CO)c1. The first-order valence-electron chi connectivity index (χ1n) is 12.6. The normalized spacial score (nSPS) is 14.7. The minimum atomic E-state index is -4.94. The fourth-order valence-electron chi connectivity index (χ4n) is 3.98. The maximum atomic E-state index is 15.0. The molecule has 0 amide bonds. The van der Waals surface area contributed by atoms with Crippen molar-refractivity contribution < 1.29 is 45.5 Å². The van der Waals surface area contributed by atoms with Gasteiger partial charge in [0.2, 0.25) is 0 Å². The van der Waals surface area contributed by atoms with Gasteiger partial charge >= 0.3 is 12.5 Å². The van der Waals surface area contributed by atoms with E-state index in [4.69, 9.17) is 5.11 Å². The van der Waals surface area contributed by atoms with Crippen molar-refractivity contribution in [3.05, 3.63) is 107 Å². The Labute approximate surface area is 242 Å². The van der Waals surface area contributed by atoms with Gasteiger partial charge in [0.05, 0.1) is 0 Å². The van der Waals surface area contributed by atoms with Gasteiger partial charge in [-0.25, -0.2) is 8.78 Å². The van der Waals surface area contributed by atoms with E-state index in [2.05, 4.69) is 9.46 Å². The van der Waals surface area contributed by atoms with Crippen molar-refractivity contribution in [3.8, 4) is 5.75 Å². The molecule has 0 heterocycles. The summed E-state index contributed by atoms with van der Waals surface area (Å²) in [4.78, 5) is 11.7. The third-order valence-corrected chi connectivity index (χ3v) is 7.75. The number of hydrogen-bond acceptors (Lipinski definition) is 5. The van der Waals surface area contributed by atoms with Crippen molar-refractivity contribution in [2.24, 2.45) is 0 Å². The Morgan fingerprint density at radius 1 is 1.02 bits per heavy atom. The molecular weight excluding hydrogens is 584 g/mol. The average Bonchev–Trinajstić information content (AvgIpc) is 2.91. The molecule has 0 spiro atoms. The van der Waals surface area contributed by atoms with Crippen LogP contribution in [0.25, 0.3) is 6.08 Å². The highest BCUT2D eigenvalue weighted by Crippen LogP contribution is 2.40. The summed E-state index contributed by atoms with van der Waals surface area (Å²) in [5.74, 6) is -3.53. The summed E-state index contributed by atoms with van der Waals surface area (Å²) in [6.45, 7) is 4.11. The first-order chi connectivity index (χ1) is 19.6. The number of halogens is 6. The van der Waals surface area contributed by atoms with E-state index in [0.717, 1.165) is 30.4 Å². The fraction of sp³-hybridized carbons (Fsp3) is 0.300. The smallest absolute Gasteiger partial charge is 0.461 e. The predicted octanol–water partition coefficient (Wildman–Crippen LogP) is 6.31. The molecule has 3 aromatic carbocycles. The Bertz CT molecular complexity index is 1410. The topological polar surface area (TPSA) is 81.6 Å². The van der Waals surface area contributed by atoms with Gasteiger partial charge in [-0.05, 0) is 73.9 Å². The van der Waals surface area contributed by atoms with Crippen molar-refractivity contribution in [2.45, 2.75) is 50.0 Å². The van der Waals surface area contributed by atoms with Crippen molar-refractivity contribution >= 4 is 23.2 Å². The number of ketones is 1. The number of rotatable bonds is 12. The Hall–Kier alpha value is -3.32. The van der Waals surface area contributed by atoms with Gasteiger partial charge in [-0.15, -0.1) is 4.72 Å². The van der Waals surface area contributed by atoms with Gasteiger partial charge < -0.3 is 14.4 Å². The number of ether oxygens (including phenoxy) is 1. The molecule has 0 bridgehead atoms. The molecule has 5 nitrogen and oxygen atoms in total. The van der Waals surface area contributed by atoms with Crippen LogP contribution in [-0.2, 0) is 28.1 Å². The lowest BCUT2D eigenvalue weighted by atomic mass is 9.78. The molecule has 0 aliphatic rings. The second kappa shape index (κ2) is 13.3. The summed E-state index contributed by atoms with van der Waals surface area (Å²) >= 11 is -1.93. The van der Waals surface area contributed by atoms with Crippen molar-refractivity contribution in [1.29, 1.82) is 0 Å². The molecule has 0 radical (unpaired) electrons. The number of alkyl halides is 4. The number of carbonyl (C=O) groups excluding carboxylic acids is 1. The van der Waals surface area contributed by atoms with Crippen LogP contribution >= 0.6 is 0 Å². The first-order valence-corrected chi connectivity index (χ1v) is 13.7. The summed E-state index contributed by atoms with van der Waals surface area (Å²) in [6.07, 6.45) is -7.20. The zero-order valence-corrected chi connectivity index (χ0v) is 23.7. The molecule has 3 rings (SSSR count). The van der Waals surface area contributed by atoms with Crippen LogP contribution in [0.1, 0.15) is 43.0 Å². The number of nitrogens with one attached hydrogen (secondary N) is 1. The maximum absolute atomic E-state index is 15.0. The Morgan fingerprint density at radius 2 is 1.69 bits per heavy atom. The minimum Gasteiger partial charge on any atom is -0.598 e. The Morgan fingerprint density at radius 3 is 2.29 bits per heavy atom. The molecule has 0 aromatic heterocycles. The van der Waals surface area contributed by atoms with Gasteiger partial charge in [0.15, 0.2) is 5.78 Å². The van der Waals surface area contributed by atoms with Crippen molar-refractivity contribution in [3.63, 3.8) is 0 Å². The summed E-state index contributed by atoms with van der Waals surface area (Å²) in [5, 5.41) is 9.03. The number of aliphatic hydroxyl groups excluding tert-OH is 1. The van der Waals surface area contributed by atoms with Gasteiger partial charge in [0.1, 0.15) is 34.3 Å². The van der Waals surface area contributed by atoms with Crippen LogP contribution < -0.4 is 9.46 Å². The predicted molar refractivity (Wildman–Crippen MR) is 147 cm³/mol. The third-order valence-electron chi connectivity index (χ3n) is 6.10. The van der Waals surface area contributed by atoms with Crippen LogP contribution in [0.15, 0.2) is 72.8 Å². The molecule has 0 aliphatic heterocycles. The summed E-state index contributed by atoms with van der Waals surface area (Å²) in [5.41, 5.74) is -1.27. The summed E-state index contributed by atoms with van der Waals surface area (Å²) in [7, 11) is 0. The van der Waals surface area contributed by atoms with E-state index in [1.165, 1.54) is 12.1 Å². The lowest BCUT2D eigenvalue weighted by Crippen LogP contribution is -2.53. The second-order valence-corrected chi connectivity index (χ2v) is 12.4. The van der Waals surface area contributed by atoms with E-state index in [0.29, 0.717) is 11.6 Å². The maximum Gasteiger partial charge on any atom is 0.461 e. The number of benzene rings is 3. The lowest BCUT2D eigenvalue weighted by Gasteiger charge is -2.39. The van der Waals surface area contributed by atoms with E-state index in [1.54, 1.807) is 51.1 Å². The van der Waals surface area contributed by atoms with Gasteiger partial charge in [0, 0.05) is 29.4 Å². The Kier molecular flexibility index (Phi) is 10.5. The molecule has 0 fully saturated rings. The highest BCUT2D eigenvalue weighted by Gasteiger charge is 2.46. The van der Waals surface area contributed by atoms with Crippen LogP contribution in [-0.4, -0.2) is 39.3 Å². The quantitative estimate of drug-likeness (QED) is 0.142. The van der Waals surface area contributed by atoms with Crippen LogP contribution in [0, 0.1) is 11.6 Å². The lowest BCUT2D eigenvalue weighted by molar-refractivity contribution is -0.253. The van der Waals surface area contributed by atoms with E-state index >= 15 is 4.39 Å². The van der Waals surface area contributed by atoms with E-state index in [-0.39, 0.29) is 23.1 Å². The van der Waals surface area contributed by atoms with Crippen LogP contribution in [0.4, 0.5) is 26.3 Å². The van der Waals surface area contributed by atoms with Crippen molar-refractivity contribution in [1.82, 2.24) is 4.72 Å². The van der Waals surface area contributed by atoms with Crippen LogP contribution in [0.5, 0.6) is 5.75 Å². The molecule has 42 heavy (non-hydrogen) atoms. The molecule has 0 saturated heterocycles. The molecule has 0 aliphatic carbocycles. The van der Waals surface area contributed by atoms with Crippen molar-refractivity contribution in [2.75, 3.05) is 6.61 Å². The average molecular weight is 614 g/mol. The largest absolute Gasteiger partial charge is 0.598 e. The third kappa shape index (κ3) is 8.15. The van der Waals surface area contributed by atoms with Gasteiger partial charge in [-0.1, -0.05) is 36.4 Å². The van der Waals surface area contributed by atoms with E-state index in [1.807, 2.05) is 0 Å². The number of carbonyl (C=O) groups is 1. The highest BCUT2D eigenvalue weighted by molar-refractivity contribution is 7.90. The standard InChI is InChI=1S/C30H29F6NO4S/c1-28(2,3)42(40)37-29(17-19-7-5-4-6-8-19,21-10-12-26(32)20(13-21)9-11-24(39)18-38)22-14-23(31)16-25(15-22)41-30(35,36)27(33)34/h4-16,27,37-38H,17-18H2,1-3H3/b11-9+/t29-,42?/m1/s1. The molecular formula is C30H29F6NO4S. The monoisotopic (exact) mass is 613 g/mol. The summed E-state index contributed by atoms with van der Waals surface area (Å²) < 4.78 is 103. The zero-order valence-electron chi connectivity index (χ0n) is 22.8. The summed E-state index contributed by atoms with van der Waals surface area (Å²) in [6, 6.07) is 14.5. The Balaban J connectivity index is 2.36. The molecule has 2 N–H and O–H groups in total. The van der Waals surface area contributed by atoms with Gasteiger partial charge in [0.25, 0.3) is 0 Å². The highest BCUT2D eigenvalue weighted by atomic mass is 32.2. The first kappa shape index (κ1) is 33.2. The molecule has 2 atom stereocenters. The van der Waals surface area contributed by atoms with Crippen LogP contribution in [0.3, 0.4) is 0 Å². The molecule has 12 heteroatoms. The van der Waals surface area contributed by atoms with Gasteiger partial charge in [-0.2, -0.15) is 17.6 Å². The number of aliphatic hydroxyl groups is 1. The van der Waals surface area contributed by atoms with Gasteiger partial charge in [-0.3, -0.25) is 4.79 Å². The molecule has 0 saturated carbocycles. The second-order valence-electron chi connectivity index (χ2n) is 10.4. The molecule has 226 valence electrons.